The molecule has 21 heavy (non-hydrogen) atoms. The lowest BCUT2D eigenvalue weighted by atomic mass is 10.3. The van der Waals surface area contributed by atoms with Crippen LogP contribution in [0.25, 0.3) is 0 Å². The molecule has 0 fully saturated rings. The Labute approximate surface area is 131 Å². The molecule has 0 N–H and O–H groups in total. The van der Waals surface area contributed by atoms with Gasteiger partial charge in [0.05, 0.1) is 6.61 Å². The number of thioether (sulfide) groups is 1. The van der Waals surface area contributed by atoms with Gasteiger partial charge in [-0.3, -0.25) is 0 Å². The Morgan fingerprint density at radius 2 is 1.86 bits per heavy atom. The Hall–Kier alpha value is -1.24. The van der Waals surface area contributed by atoms with Crippen molar-refractivity contribution in [2.75, 3.05) is 12.4 Å². The maximum atomic E-state index is 13.1. The van der Waals surface area contributed by atoms with Crippen LogP contribution in [0.3, 0.4) is 0 Å². The van der Waals surface area contributed by atoms with Gasteiger partial charge < -0.3 is 4.74 Å². The van der Waals surface area contributed by atoms with Gasteiger partial charge in [0.25, 0.3) is 9.05 Å². The summed E-state index contributed by atoms with van der Waals surface area (Å²) in [6, 6.07) is 13.0. The van der Waals surface area contributed by atoms with Crippen molar-refractivity contribution < 1.29 is 17.5 Å². The highest BCUT2D eigenvalue weighted by atomic mass is 35.7. The highest BCUT2D eigenvalue weighted by molar-refractivity contribution is 8.13. The first-order valence-electron chi connectivity index (χ1n) is 6.02. The van der Waals surface area contributed by atoms with Crippen molar-refractivity contribution >= 4 is 31.5 Å². The Kier molecular flexibility index (Phi) is 5.50. The van der Waals surface area contributed by atoms with E-state index in [4.69, 9.17) is 15.4 Å². The summed E-state index contributed by atoms with van der Waals surface area (Å²) < 4.78 is 41.2. The van der Waals surface area contributed by atoms with E-state index in [1.165, 1.54) is 6.07 Å². The normalized spacial score (nSPS) is 11.3. The minimum absolute atomic E-state index is 0.0556. The molecular weight excluding hydrogens is 335 g/mol. The molecule has 0 aliphatic heterocycles. The minimum Gasteiger partial charge on any atom is -0.491 e. The average Bonchev–Trinajstić information content (AvgIpc) is 2.45. The predicted molar refractivity (Wildman–Crippen MR) is 82.1 cm³/mol. The summed E-state index contributed by atoms with van der Waals surface area (Å²) in [5.41, 5.74) is 0. The van der Waals surface area contributed by atoms with Gasteiger partial charge in [0.1, 0.15) is 16.5 Å². The summed E-state index contributed by atoms with van der Waals surface area (Å²) in [5.74, 6) is 0.00341. The molecule has 0 amide bonds. The van der Waals surface area contributed by atoms with Crippen molar-refractivity contribution in [3.8, 4) is 5.75 Å². The van der Waals surface area contributed by atoms with Crippen LogP contribution in [0.1, 0.15) is 0 Å². The van der Waals surface area contributed by atoms with Crippen LogP contribution in [0.15, 0.2) is 58.3 Å². The largest absolute Gasteiger partial charge is 0.491 e. The zero-order chi connectivity index (χ0) is 15.3. The Morgan fingerprint density at radius 3 is 2.52 bits per heavy atom. The van der Waals surface area contributed by atoms with Crippen LogP contribution in [0, 0.1) is 5.82 Å². The van der Waals surface area contributed by atoms with Crippen LogP contribution in [-0.4, -0.2) is 20.8 Å². The molecule has 0 bridgehead atoms. The van der Waals surface area contributed by atoms with Gasteiger partial charge in [0.15, 0.2) is 0 Å². The lowest BCUT2D eigenvalue weighted by molar-refractivity contribution is 0.334. The molecule has 0 aliphatic carbocycles. The summed E-state index contributed by atoms with van der Waals surface area (Å²) in [6.07, 6.45) is 0. The van der Waals surface area contributed by atoms with Gasteiger partial charge in [-0.1, -0.05) is 18.2 Å². The van der Waals surface area contributed by atoms with E-state index in [1.54, 1.807) is 11.8 Å². The fourth-order valence-corrected chi connectivity index (χ4v) is 3.35. The van der Waals surface area contributed by atoms with Crippen LogP contribution in [0.4, 0.5) is 4.39 Å². The highest BCUT2D eigenvalue weighted by Crippen LogP contribution is 2.28. The number of hydrogen-bond acceptors (Lipinski definition) is 4. The van der Waals surface area contributed by atoms with Crippen LogP contribution >= 0.6 is 22.4 Å². The summed E-state index contributed by atoms with van der Waals surface area (Å²) in [4.78, 5) is 0.735. The third-order valence-electron chi connectivity index (χ3n) is 2.52. The second-order valence-electron chi connectivity index (χ2n) is 4.04. The molecule has 0 aliphatic rings. The van der Waals surface area contributed by atoms with Crippen LogP contribution < -0.4 is 4.74 Å². The van der Waals surface area contributed by atoms with Gasteiger partial charge in [-0.25, -0.2) is 12.8 Å². The zero-order valence-electron chi connectivity index (χ0n) is 10.8. The Balaban J connectivity index is 1.98. The SMILES string of the molecule is O=S(=O)(Cl)c1cc(F)ccc1OCCSc1ccccc1. The number of hydrogen-bond donors (Lipinski definition) is 0. The third kappa shape index (κ3) is 4.91. The van der Waals surface area contributed by atoms with Gasteiger partial charge in [0, 0.05) is 21.3 Å². The van der Waals surface area contributed by atoms with Gasteiger partial charge in [0.2, 0.25) is 0 Å². The monoisotopic (exact) mass is 346 g/mol. The van der Waals surface area contributed by atoms with Gasteiger partial charge in [-0.15, -0.1) is 11.8 Å². The minimum atomic E-state index is -4.04. The molecule has 0 atom stereocenters. The maximum Gasteiger partial charge on any atom is 0.265 e. The molecule has 112 valence electrons. The number of benzene rings is 2. The van der Waals surface area contributed by atoms with E-state index < -0.39 is 14.9 Å². The molecule has 2 rings (SSSR count). The molecule has 0 spiro atoms. The first-order valence-corrected chi connectivity index (χ1v) is 9.31. The zero-order valence-corrected chi connectivity index (χ0v) is 13.2. The van der Waals surface area contributed by atoms with E-state index >= 15 is 0 Å². The number of rotatable bonds is 6. The molecule has 0 unspecified atom stereocenters. The van der Waals surface area contributed by atoms with E-state index in [2.05, 4.69) is 0 Å². The van der Waals surface area contributed by atoms with Crippen molar-refractivity contribution in [1.29, 1.82) is 0 Å². The van der Waals surface area contributed by atoms with E-state index in [9.17, 15) is 12.8 Å². The Morgan fingerprint density at radius 1 is 1.14 bits per heavy atom. The van der Waals surface area contributed by atoms with Gasteiger partial charge in [-0.05, 0) is 30.3 Å². The van der Waals surface area contributed by atoms with Gasteiger partial charge >= 0.3 is 0 Å². The summed E-state index contributed by atoms with van der Waals surface area (Å²) >= 11 is 1.57. The molecule has 0 heterocycles. The van der Waals surface area contributed by atoms with Crippen molar-refractivity contribution in [3.63, 3.8) is 0 Å². The van der Waals surface area contributed by atoms with Crippen molar-refractivity contribution in [2.24, 2.45) is 0 Å². The maximum absolute atomic E-state index is 13.1. The smallest absolute Gasteiger partial charge is 0.265 e. The fourth-order valence-electron chi connectivity index (χ4n) is 1.62. The average molecular weight is 347 g/mol. The van der Waals surface area contributed by atoms with E-state index in [1.807, 2.05) is 30.3 Å². The van der Waals surface area contributed by atoms with Gasteiger partial charge in [-0.2, -0.15) is 0 Å². The third-order valence-corrected chi connectivity index (χ3v) is 4.84. The molecule has 0 saturated carbocycles. The second-order valence-corrected chi connectivity index (χ2v) is 7.74. The summed E-state index contributed by atoms with van der Waals surface area (Å²) in [5, 5.41) is 0. The molecule has 2 aromatic carbocycles. The van der Waals surface area contributed by atoms with Crippen LogP contribution in [0.5, 0.6) is 5.75 Å². The molecule has 3 nitrogen and oxygen atoms in total. The Bertz CT molecular complexity index is 705. The molecule has 0 saturated heterocycles. The van der Waals surface area contributed by atoms with E-state index in [0.717, 1.165) is 17.0 Å². The predicted octanol–water partition coefficient (Wildman–Crippen LogP) is 3.92. The number of ether oxygens (including phenoxy) is 1. The van der Waals surface area contributed by atoms with Crippen molar-refractivity contribution in [3.05, 3.63) is 54.3 Å². The van der Waals surface area contributed by atoms with E-state index in [-0.39, 0.29) is 17.3 Å². The quantitative estimate of drug-likeness (QED) is 0.451. The molecule has 0 radical (unpaired) electrons. The lowest BCUT2D eigenvalue weighted by Gasteiger charge is -2.09. The summed E-state index contributed by atoms with van der Waals surface area (Å²) in [6.45, 7) is 0.282. The van der Waals surface area contributed by atoms with Crippen LogP contribution in [0.2, 0.25) is 0 Å². The number of halogens is 2. The fraction of sp³-hybridized carbons (Fsp3) is 0.143. The topological polar surface area (TPSA) is 43.4 Å². The highest BCUT2D eigenvalue weighted by Gasteiger charge is 2.18. The summed E-state index contributed by atoms with van der Waals surface area (Å²) in [7, 11) is 1.22. The second kappa shape index (κ2) is 7.15. The molecular formula is C14H12ClFO3S2. The lowest BCUT2D eigenvalue weighted by Crippen LogP contribution is -2.04. The van der Waals surface area contributed by atoms with E-state index in [0.29, 0.717) is 5.75 Å². The molecule has 0 aromatic heterocycles. The standard InChI is InChI=1S/C14H12ClFO3S2/c15-21(17,18)14-10-11(16)6-7-13(14)19-8-9-20-12-4-2-1-3-5-12/h1-7,10H,8-9H2. The van der Waals surface area contributed by atoms with Crippen molar-refractivity contribution in [1.82, 2.24) is 0 Å². The first-order chi connectivity index (χ1) is 9.97. The van der Waals surface area contributed by atoms with Crippen molar-refractivity contribution in [2.45, 2.75) is 9.79 Å². The first kappa shape index (κ1) is 16.1. The molecule has 7 heteroatoms. The molecule has 2 aromatic rings. The van der Waals surface area contributed by atoms with Crippen LogP contribution in [-0.2, 0) is 9.05 Å².